The van der Waals surface area contributed by atoms with Crippen molar-refractivity contribution in [1.29, 1.82) is 0 Å². The van der Waals surface area contributed by atoms with Crippen LogP contribution >= 0.6 is 22.9 Å². The lowest BCUT2D eigenvalue weighted by Gasteiger charge is -2.25. The molecule has 132 valence electrons. The van der Waals surface area contributed by atoms with Gasteiger partial charge in [0.05, 0.1) is 0 Å². The molecule has 1 amide bonds. The molecular weight excluding hydrogens is 372 g/mol. The molecule has 0 bridgehead atoms. The van der Waals surface area contributed by atoms with Crippen molar-refractivity contribution >= 4 is 34.0 Å². The Labute approximate surface area is 159 Å². The van der Waals surface area contributed by atoms with Gasteiger partial charge < -0.3 is 9.47 Å². The summed E-state index contributed by atoms with van der Waals surface area (Å²) in [6, 6.07) is 15.0. The van der Waals surface area contributed by atoms with Gasteiger partial charge in [0.2, 0.25) is 6.10 Å². The van der Waals surface area contributed by atoms with Gasteiger partial charge in [-0.3, -0.25) is 10.1 Å². The predicted octanol–water partition coefficient (Wildman–Crippen LogP) is 4.17. The number of rotatable bonds is 4. The summed E-state index contributed by atoms with van der Waals surface area (Å²) in [6.07, 6.45) is 1.80. The number of ether oxygens (including phenoxy) is 2. The molecule has 0 unspecified atom stereocenters. The van der Waals surface area contributed by atoms with Crippen molar-refractivity contribution in [2.24, 2.45) is 0 Å². The smallest absolute Gasteiger partial charge is 0.270 e. The Morgan fingerprint density at radius 3 is 2.77 bits per heavy atom. The van der Waals surface area contributed by atoms with E-state index in [-0.39, 0.29) is 12.5 Å². The monoisotopic (exact) mass is 386 g/mol. The van der Waals surface area contributed by atoms with Crippen molar-refractivity contribution in [2.75, 3.05) is 11.9 Å². The first kappa shape index (κ1) is 16.9. The highest BCUT2D eigenvalue weighted by molar-refractivity contribution is 7.15. The zero-order chi connectivity index (χ0) is 17.9. The normalized spacial score (nSPS) is 15.5. The van der Waals surface area contributed by atoms with Crippen molar-refractivity contribution in [3.05, 3.63) is 70.2 Å². The highest BCUT2D eigenvalue weighted by Crippen LogP contribution is 2.31. The minimum absolute atomic E-state index is 0.172. The lowest BCUT2D eigenvalue weighted by atomic mass is 10.1. The fraction of sp³-hybridized carbons (Fsp3) is 0.158. The minimum Gasteiger partial charge on any atom is -0.485 e. The Bertz CT molecular complexity index is 927. The number of fused-ring (bicyclic) bond motifs is 1. The summed E-state index contributed by atoms with van der Waals surface area (Å²) in [5.74, 6) is 0.949. The fourth-order valence-corrected chi connectivity index (χ4v) is 3.56. The van der Waals surface area contributed by atoms with E-state index in [1.807, 2.05) is 42.5 Å². The summed E-state index contributed by atoms with van der Waals surface area (Å²) in [4.78, 5) is 17.7. The maximum absolute atomic E-state index is 12.4. The van der Waals surface area contributed by atoms with Crippen LogP contribution < -0.4 is 14.8 Å². The van der Waals surface area contributed by atoms with E-state index in [0.29, 0.717) is 21.7 Å². The van der Waals surface area contributed by atoms with Crippen LogP contribution in [0.15, 0.2) is 54.7 Å². The average molecular weight is 387 g/mol. The molecule has 1 atom stereocenters. The quantitative estimate of drug-likeness (QED) is 0.731. The molecule has 1 aliphatic rings. The number of nitrogens with one attached hydrogen (secondary N) is 1. The molecule has 0 fully saturated rings. The van der Waals surface area contributed by atoms with E-state index < -0.39 is 6.10 Å². The molecule has 2 heterocycles. The predicted molar refractivity (Wildman–Crippen MR) is 101 cm³/mol. The van der Waals surface area contributed by atoms with E-state index >= 15 is 0 Å². The second-order valence-corrected chi connectivity index (χ2v) is 7.34. The number of halogens is 1. The summed E-state index contributed by atoms with van der Waals surface area (Å²) in [5.41, 5.74) is 1.14. The lowest BCUT2D eigenvalue weighted by Crippen LogP contribution is -2.40. The van der Waals surface area contributed by atoms with Crippen molar-refractivity contribution in [3.63, 3.8) is 0 Å². The first-order chi connectivity index (χ1) is 12.7. The van der Waals surface area contributed by atoms with Crippen LogP contribution in [-0.2, 0) is 11.2 Å². The van der Waals surface area contributed by atoms with Crippen LogP contribution in [0, 0.1) is 0 Å². The van der Waals surface area contributed by atoms with Gasteiger partial charge in [-0.2, -0.15) is 0 Å². The van der Waals surface area contributed by atoms with Gasteiger partial charge in [0.15, 0.2) is 16.6 Å². The molecule has 2 aromatic carbocycles. The Kier molecular flexibility index (Phi) is 4.77. The molecule has 5 nitrogen and oxygen atoms in total. The van der Waals surface area contributed by atoms with Crippen LogP contribution in [-0.4, -0.2) is 23.6 Å². The van der Waals surface area contributed by atoms with Gasteiger partial charge in [-0.1, -0.05) is 35.9 Å². The fourth-order valence-electron chi connectivity index (χ4n) is 2.59. The highest BCUT2D eigenvalue weighted by atomic mass is 35.5. The molecule has 4 rings (SSSR count). The van der Waals surface area contributed by atoms with Gasteiger partial charge in [-0.15, -0.1) is 11.3 Å². The number of aromatic nitrogens is 1. The first-order valence-electron chi connectivity index (χ1n) is 8.06. The van der Waals surface area contributed by atoms with Crippen LogP contribution in [0.4, 0.5) is 5.13 Å². The van der Waals surface area contributed by atoms with E-state index in [1.165, 1.54) is 11.3 Å². The van der Waals surface area contributed by atoms with Gasteiger partial charge in [-0.05, 0) is 29.8 Å². The molecule has 3 aromatic rings. The summed E-state index contributed by atoms with van der Waals surface area (Å²) in [5, 5.41) is 4.05. The number of carbonyl (C=O) groups is 1. The number of hydrogen-bond donors (Lipinski definition) is 1. The molecule has 26 heavy (non-hydrogen) atoms. The summed E-state index contributed by atoms with van der Waals surface area (Å²) >= 11 is 7.34. The minimum atomic E-state index is -0.700. The molecule has 7 heteroatoms. The number of nitrogens with zero attached hydrogens (tertiary/aromatic N) is 1. The van der Waals surface area contributed by atoms with E-state index in [4.69, 9.17) is 21.1 Å². The number of anilines is 1. The van der Waals surface area contributed by atoms with E-state index in [9.17, 15) is 4.79 Å². The summed E-state index contributed by atoms with van der Waals surface area (Å²) < 4.78 is 11.3. The third-order valence-electron chi connectivity index (χ3n) is 3.88. The number of thiazole rings is 1. The number of amides is 1. The van der Waals surface area contributed by atoms with Crippen molar-refractivity contribution in [3.8, 4) is 11.5 Å². The highest BCUT2D eigenvalue weighted by Gasteiger charge is 2.27. The van der Waals surface area contributed by atoms with Crippen LogP contribution in [0.2, 0.25) is 5.02 Å². The van der Waals surface area contributed by atoms with E-state index in [0.717, 1.165) is 16.9 Å². The van der Waals surface area contributed by atoms with Crippen molar-refractivity contribution in [1.82, 2.24) is 4.98 Å². The van der Waals surface area contributed by atoms with Crippen LogP contribution in [0.3, 0.4) is 0 Å². The largest absolute Gasteiger partial charge is 0.485 e. The van der Waals surface area contributed by atoms with Gasteiger partial charge in [-0.25, -0.2) is 4.98 Å². The number of para-hydroxylation sites is 2. The molecule has 1 N–H and O–H groups in total. The van der Waals surface area contributed by atoms with Crippen molar-refractivity contribution in [2.45, 2.75) is 12.5 Å². The maximum Gasteiger partial charge on any atom is 0.270 e. The van der Waals surface area contributed by atoms with Gasteiger partial charge in [0.25, 0.3) is 5.91 Å². The molecule has 1 aliphatic heterocycles. The Balaban J connectivity index is 1.38. The number of benzene rings is 2. The standard InChI is InChI=1S/C19H15ClN2O3S/c20-13-7-5-12(6-8-13)9-14-10-21-19(26-14)22-18(23)17-11-24-15-3-1-2-4-16(15)25-17/h1-8,10,17H,9,11H2,(H,21,22,23)/t17-/m0/s1. The molecule has 0 aliphatic carbocycles. The number of carbonyl (C=O) groups excluding carboxylic acids is 1. The van der Waals surface area contributed by atoms with Gasteiger partial charge in [0, 0.05) is 22.5 Å². The van der Waals surface area contributed by atoms with Crippen molar-refractivity contribution < 1.29 is 14.3 Å². The Morgan fingerprint density at radius 2 is 1.96 bits per heavy atom. The maximum atomic E-state index is 12.4. The summed E-state index contributed by atoms with van der Waals surface area (Å²) in [6.45, 7) is 0.172. The zero-order valence-electron chi connectivity index (χ0n) is 13.6. The van der Waals surface area contributed by atoms with Gasteiger partial charge in [0.1, 0.15) is 6.61 Å². The van der Waals surface area contributed by atoms with E-state index in [1.54, 1.807) is 12.3 Å². The van der Waals surface area contributed by atoms with Crippen LogP contribution in [0.5, 0.6) is 11.5 Å². The van der Waals surface area contributed by atoms with Crippen LogP contribution in [0.1, 0.15) is 10.4 Å². The molecule has 0 spiro atoms. The third-order valence-corrected chi connectivity index (χ3v) is 5.04. The SMILES string of the molecule is O=C(Nc1ncc(Cc2ccc(Cl)cc2)s1)[C@@H]1COc2ccccc2O1. The van der Waals surface area contributed by atoms with Gasteiger partial charge >= 0.3 is 0 Å². The second-order valence-electron chi connectivity index (χ2n) is 5.79. The average Bonchev–Trinajstić information content (AvgIpc) is 3.10. The molecule has 0 radical (unpaired) electrons. The lowest BCUT2D eigenvalue weighted by molar-refractivity contribution is -0.125. The Hall–Kier alpha value is -2.57. The zero-order valence-corrected chi connectivity index (χ0v) is 15.2. The van der Waals surface area contributed by atoms with Crippen LogP contribution in [0.25, 0.3) is 0 Å². The van der Waals surface area contributed by atoms with E-state index in [2.05, 4.69) is 10.3 Å². The number of hydrogen-bond acceptors (Lipinski definition) is 5. The summed E-state index contributed by atoms with van der Waals surface area (Å²) in [7, 11) is 0. The molecule has 0 saturated heterocycles. The topological polar surface area (TPSA) is 60.5 Å². The Morgan fingerprint density at radius 1 is 1.19 bits per heavy atom. The first-order valence-corrected chi connectivity index (χ1v) is 9.25. The molecule has 0 saturated carbocycles. The molecule has 1 aromatic heterocycles. The second kappa shape index (κ2) is 7.35. The molecular formula is C19H15ClN2O3S. The third kappa shape index (κ3) is 3.81.